The second-order valence-electron chi connectivity index (χ2n) is 9.11. The summed E-state index contributed by atoms with van der Waals surface area (Å²) in [7, 11) is 0. The van der Waals surface area contributed by atoms with E-state index in [0.29, 0.717) is 52.6 Å². The Kier molecular flexibility index (Phi) is 7.14. The van der Waals surface area contributed by atoms with Crippen LogP contribution in [0.2, 0.25) is 0 Å². The quantitative estimate of drug-likeness (QED) is 0.272. The van der Waals surface area contributed by atoms with E-state index in [2.05, 4.69) is 22.4 Å². The molecule has 2 aromatic heterocycles. The van der Waals surface area contributed by atoms with Crippen molar-refractivity contribution in [1.29, 1.82) is 0 Å². The maximum absolute atomic E-state index is 12.8. The molecule has 1 aromatic carbocycles. The molecule has 9 nitrogen and oxygen atoms in total. The van der Waals surface area contributed by atoms with E-state index in [1.165, 1.54) is 11.3 Å². The first-order chi connectivity index (χ1) is 18.4. The number of benzene rings is 1. The number of nitrogen functional groups attached to an aromatic ring is 1. The van der Waals surface area contributed by atoms with E-state index in [-0.39, 0.29) is 17.7 Å². The normalized spacial score (nSPS) is 17.0. The summed E-state index contributed by atoms with van der Waals surface area (Å²) in [6.07, 6.45) is 9.73. The van der Waals surface area contributed by atoms with Crippen molar-refractivity contribution in [2.45, 2.75) is 26.2 Å². The van der Waals surface area contributed by atoms with Crippen LogP contribution in [-0.2, 0) is 4.79 Å². The largest absolute Gasteiger partial charge is 0.462 e. The van der Waals surface area contributed by atoms with Crippen LogP contribution < -0.4 is 26.9 Å². The number of carbonyl (C=O) groups is 1. The van der Waals surface area contributed by atoms with E-state index in [4.69, 9.17) is 26.6 Å². The lowest BCUT2D eigenvalue weighted by atomic mass is 9.86. The zero-order valence-corrected chi connectivity index (χ0v) is 21.7. The van der Waals surface area contributed by atoms with E-state index in [9.17, 15) is 4.79 Å². The molecule has 7 N–H and O–H groups in total. The highest BCUT2D eigenvalue weighted by Gasteiger charge is 2.26. The van der Waals surface area contributed by atoms with Crippen molar-refractivity contribution in [1.82, 2.24) is 15.2 Å². The summed E-state index contributed by atoms with van der Waals surface area (Å²) in [6, 6.07) is 11.4. The standard InChI is InChI=1S/C28H27N7O2S/c1-16-7-8-18(27(36)34-28-35-32-15-38-28)13-21(16)23-14-22(29)24(26(30)31)25(33-23)17-9-11-20(12-10-17)37-19-5-3-2-4-6-19/h2-6,8-9,11,13-16H,7,10,12H2,1H3,(H2,29,33)(H3,30,31)(H,34,35,36)/p+1. The van der Waals surface area contributed by atoms with Gasteiger partial charge in [-0.2, -0.15) is 0 Å². The number of nitrogens with two attached hydrogens (primary N) is 3. The number of pyridine rings is 1. The summed E-state index contributed by atoms with van der Waals surface area (Å²) in [5.74, 6) is 1.63. The lowest BCUT2D eigenvalue weighted by molar-refractivity contribution is -0.114. The molecule has 0 saturated heterocycles. The minimum absolute atomic E-state index is 0.107. The van der Waals surface area contributed by atoms with Crippen LogP contribution in [0.4, 0.5) is 10.8 Å². The van der Waals surface area contributed by atoms with Crippen molar-refractivity contribution < 1.29 is 14.9 Å². The molecule has 5 rings (SSSR count). The Hall–Kier alpha value is -4.57. The molecule has 0 bridgehead atoms. The molecular formula is C28H28N7O2S+. The van der Waals surface area contributed by atoms with Gasteiger partial charge in [-0.05, 0) is 60.3 Å². The summed E-state index contributed by atoms with van der Waals surface area (Å²) in [4.78, 5) is 17.8. The average Bonchev–Trinajstić information content (AvgIpc) is 3.42. The molecule has 10 heteroatoms. The average molecular weight is 527 g/mol. The molecule has 0 radical (unpaired) electrons. The number of ether oxygens (including phenoxy) is 1. The summed E-state index contributed by atoms with van der Waals surface area (Å²) in [6.45, 7) is 2.09. The number of anilines is 2. The molecule has 3 aromatic rings. The number of allylic oxidation sites excluding steroid dienone is 6. The van der Waals surface area contributed by atoms with Gasteiger partial charge in [0.05, 0.1) is 17.1 Å². The maximum atomic E-state index is 12.8. The van der Waals surface area contributed by atoms with E-state index in [1.54, 1.807) is 11.6 Å². The molecule has 2 aliphatic carbocycles. The molecule has 0 saturated carbocycles. The van der Waals surface area contributed by atoms with Crippen molar-refractivity contribution >= 4 is 45.0 Å². The minimum Gasteiger partial charge on any atom is -0.462 e. The molecule has 2 aliphatic rings. The van der Waals surface area contributed by atoms with Crippen LogP contribution in [0.3, 0.4) is 0 Å². The second-order valence-corrected chi connectivity index (χ2v) is 9.94. The number of rotatable bonds is 7. The summed E-state index contributed by atoms with van der Waals surface area (Å²) >= 11 is 1.26. The smallest absolute Gasteiger partial charge is 0.275 e. The highest BCUT2D eigenvalue weighted by atomic mass is 32.1. The molecular weight excluding hydrogens is 498 g/mol. The molecule has 0 spiro atoms. The summed E-state index contributed by atoms with van der Waals surface area (Å²) < 4.78 is 6.00. The monoisotopic (exact) mass is 526 g/mol. The molecule has 1 atom stereocenters. The van der Waals surface area contributed by atoms with Crippen LogP contribution in [0, 0.1) is 5.92 Å². The maximum Gasteiger partial charge on any atom is 0.275 e. The number of hydrogen-bond donors (Lipinski definition) is 4. The van der Waals surface area contributed by atoms with Crippen molar-refractivity contribution in [3.05, 3.63) is 94.5 Å². The molecule has 2 heterocycles. The third kappa shape index (κ3) is 5.40. The predicted octanol–water partition coefficient (Wildman–Crippen LogP) is 3.11. The van der Waals surface area contributed by atoms with Crippen molar-refractivity contribution in [2.24, 2.45) is 11.7 Å². The topological polar surface area (TPSA) is 155 Å². The highest BCUT2D eigenvalue weighted by Crippen LogP contribution is 2.36. The van der Waals surface area contributed by atoms with Gasteiger partial charge < -0.3 is 10.5 Å². The van der Waals surface area contributed by atoms with Crippen LogP contribution >= 0.6 is 11.3 Å². The first-order valence-electron chi connectivity index (χ1n) is 12.2. The number of aromatic nitrogens is 3. The van der Waals surface area contributed by atoms with Gasteiger partial charge in [-0.25, -0.2) is 4.98 Å². The van der Waals surface area contributed by atoms with Crippen LogP contribution in [0.15, 0.2) is 77.5 Å². The fraction of sp³-hybridized carbons (Fsp3) is 0.179. The van der Waals surface area contributed by atoms with E-state index >= 15 is 0 Å². The summed E-state index contributed by atoms with van der Waals surface area (Å²) in [5, 5.41) is 16.9. The van der Waals surface area contributed by atoms with Gasteiger partial charge in [0.2, 0.25) is 5.13 Å². The molecule has 0 aliphatic heterocycles. The highest BCUT2D eigenvalue weighted by molar-refractivity contribution is 7.13. The van der Waals surface area contributed by atoms with Crippen molar-refractivity contribution in [3.8, 4) is 5.75 Å². The number of amidine groups is 1. The zero-order chi connectivity index (χ0) is 26.6. The molecule has 1 amide bonds. The SMILES string of the molecule is CC1CC=C(C(=O)Nc2nncs2)C=C1c1cc(N)c(C(N)=[NH2+])c(C2=CC=C(Oc3ccccc3)CC2)n1. The van der Waals surface area contributed by atoms with Gasteiger partial charge in [0, 0.05) is 12.0 Å². The molecule has 1 unspecified atom stereocenters. The van der Waals surface area contributed by atoms with Gasteiger partial charge in [0.25, 0.3) is 11.7 Å². The Balaban J connectivity index is 1.48. The van der Waals surface area contributed by atoms with Crippen LogP contribution in [0.25, 0.3) is 11.1 Å². The van der Waals surface area contributed by atoms with E-state index in [0.717, 1.165) is 22.7 Å². The Morgan fingerprint density at radius 2 is 2.03 bits per heavy atom. The Labute approximate surface area is 224 Å². The number of nitrogens with one attached hydrogen (secondary N) is 1. The fourth-order valence-corrected chi connectivity index (χ4v) is 4.91. The Morgan fingerprint density at radius 1 is 1.21 bits per heavy atom. The number of nitrogens with zero attached hydrogens (tertiary/aromatic N) is 3. The lowest BCUT2D eigenvalue weighted by Crippen LogP contribution is -2.47. The first kappa shape index (κ1) is 25.1. The van der Waals surface area contributed by atoms with Gasteiger partial charge >= 0.3 is 0 Å². The van der Waals surface area contributed by atoms with E-state index in [1.807, 2.05) is 54.6 Å². The van der Waals surface area contributed by atoms with Crippen molar-refractivity contribution in [2.75, 3.05) is 11.1 Å². The summed E-state index contributed by atoms with van der Waals surface area (Å²) in [5.41, 5.74) is 18.8. The van der Waals surface area contributed by atoms with Gasteiger partial charge in [0.15, 0.2) is 0 Å². The Bertz CT molecular complexity index is 1510. The molecule has 0 fully saturated rings. The number of carbonyl (C=O) groups excluding carboxylic acids is 1. The number of para-hydroxylation sites is 1. The Morgan fingerprint density at radius 3 is 2.71 bits per heavy atom. The van der Waals surface area contributed by atoms with Crippen molar-refractivity contribution in [3.63, 3.8) is 0 Å². The van der Waals surface area contributed by atoms with Gasteiger partial charge in [-0.1, -0.05) is 48.6 Å². The number of amides is 1. The third-order valence-electron chi connectivity index (χ3n) is 6.42. The third-order valence-corrected chi connectivity index (χ3v) is 7.02. The van der Waals surface area contributed by atoms with Crippen LogP contribution in [-0.4, -0.2) is 26.9 Å². The zero-order valence-electron chi connectivity index (χ0n) is 20.8. The fourth-order valence-electron chi connectivity index (χ4n) is 4.47. The lowest BCUT2D eigenvalue weighted by Gasteiger charge is -2.22. The van der Waals surface area contributed by atoms with Gasteiger partial charge in [-0.15, -0.1) is 10.2 Å². The van der Waals surface area contributed by atoms with Crippen LogP contribution in [0.5, 0.6) is 5.75 Å². The predicted molar refractivity (Wildman–Crippen MR) is 150 cm³/mol. The molecule has 38 heavy (non-hydrogen) atoms. The van der Waals surface area contributed by atoms with E-state index < -0.39 is 0 Å². The van der Waals surface area contributed by atoms with Crippen LogP contribution in [0.1, 0.15) is 43.1 Å². The molecule has 192 valence electrons. The first-order valence-corrected chi connectivity index (χ1v) is 13.1. The van der Waals surface area contributed by atoms with Gasteiger partial charge in [0.1, 0.15) is 22.6 Å². The second kappa shape index (κ2) is 10.8. The van der Waals surface area contributed by atoms with Gasteiger partial charge in [-0.3, -0.25) is 21.3 Å². The minimum atomic E-state index is -0.249. The number of hydrogen-bond acceptors (Lipinski definition) is 7.